The number of ketones is 1. The molecular formula is C32H54N6O7. The van der Waals surface area contributed by atoms with Crippen molar-refractivity contribution in [3.8, 4) is 0 Å². The molecule has 254 valence electrons. The molecule has 0 aromatic heterocycles. The van der Waals surface area contributed by atoms with E-state index in [2.05, 4.69) is 21.3 Å². The second-order valence-corrected chi connectivity index (χ2v) is 15.7. The molecule has 1 saturated heterocycles. The average Bonchev–Trinajstić information content (AvgIpc) is 3.20. The van der Waals surface area contributed by atoms with Crippen molar-refractivity contribution in [2.45, 2.75) is 112 Å². The van der Waals surface area contributed by atoms with Gasteiger partial charge in [-0.05, 0) is 47.3 Å². The standard InChI is InChI=1S/C32H54N6O7/c1-10-34-29(44)45-16-20(30(2,3)4)36-28(43)37-24(31(5,6)7)27(42)38-15-18-21(32(18,8)9)22(38)26(41)35-19(23(39)25(33)40)14-17-12-11-13-17/h17-22,24H,10-16H2,1-9H3,(H2,33,40)(H,34,44)(H,35,41)(H2,36,37,43)/t18-,19?,20+,21?,22?,24?/m0/s1. The minimum atomic E-state index is -1.10. The number of carbonyl (C=O) groups excluding carboxylic acids is 6. The normalized spacial score (nSPS) is 24.2. The highest BCUT2D eigenvalue weighted by atomic mass is 16.5. The SMILES string of the molecule is CCNC(=O)OC[C@@H](NC(=O)NC(C(=O)N1C[C@H]2C(C1C(=O)NC(CC1CCC1)C(=O)C(N)=O)C2(C)C)C(C)(C)C)C(C)(C)C. The van der Waals surface area contributed by atoms with Crippen molar-refractivity contribution in [1.82, 2.24) is 26.2 Å². The van der Waals surface area contributed by atoms with Gasteiger partial charge in [-0.25, -0.2) is 9.59 Å². The third kappa shape index (κ3) is 8.46. The number of nitrogens with two attached hydrogens (primary N) is 1. The number of likely N-dealkylation sites (tertiary alicyclic amines) is 1. The Balaban J connectivity index is 1.79. The number of primary amides is 1. The maximum absolute atomic E-state index is 14.2. The average molecular weight is 635 g/mol. The van der Waals surface area contributed by atoms with Crippen LogP contribution in [0.25, 0.3) is 0 Å². The highest BCUT2D eigenvalue weighted by Crippen LogP contribution is 2.65. The van der Waals surface area contributed by atoms with Crippen molar-refractivity contribution >= 4 is 35.6 Å². The molecule has 1 aliphatic heterocycles. The monoisotopic (exact) mass is 634 g/mol. The summed E-state index contributed by atoms with van der Waals surface area (Å²) in [4.78, 5) is 79.4. The Labute approximate surface area is 266 Å². The molecular weight excluding hydrogens is 580 g/mol. The Bertz CT molecular complexity index is 1170. The molecule has 0 spiro atoms. The zero-order valence-corrected chi connectivity index (χ0v) is 28.4. The third-order valence-corrected chi connectivity index (χ3v) is 9.87. The van der Waals surface area contributed by atoms with Gasteiger partial charge in [0.25, 0.3) is 5.91 Å². The fourth-order valence-electron chi connectivity index (χ4n) is 6.54. The number of urea groups is 1. The van der Waals surface area contributed by atoms with Gasteiger partial charge in [0, 0.05) is 13.1 Å². The molecule has 3 fully saturated rings. The van der Waals surface area contributed by atoms with Crippen LogP contribution in [0.2, 0.25) is 0 Å². The van der Waals surface area contributed by atoms with E-state index in [4.69, 9.17) is 10.5 Å². The maximum Gasteiger partial charge on any atom is 0.407 e. The van der Waals surface area contributed by atoms with Crippen LogP contribution < -0.4 is 27.0 Å². The highest BCUT2D eigenvalue weighted by molar-refractivity contribution is 6.37. The third-order valence-electron chi connectivity index (χ3n) is 9.87. The predicted molar refractivity (Wildman–Crippen MR) is 168 cm³/mol. The number of rotatable bonds is 12. The van der Waals surface area contributed by atoms with Crippen LogP contribution in [-0.4, -0.2) is 84.4 Å². The summed E-state index contributed by atoms with van der Waals surface area (Å²) in [5, 5.41) is 11.0. The van der Waals surface area contributed by atoms with Gasteiger partial charge in [0.2, 0.25) is 17.6 Å². The van der Waals surface area contributed by atoms with E-state index in [0.29, 0.717) is 19.5 Å². The minimum absolute atomic E-state index is 0.0697. The van der Waals surface area contributed by atoms with Crippen molar-refractivity contribution < 1.29 is 33.5 Å². The Morgan fingerprint density at radius 2 is 1.58 bits per heavy atom. The topological polar surface area (TPSA) is 189 Å². The van der Waals surface area contributed by atoms with E-state index in [1.54, 1.807) is 6.92 Å². The molecule has 1 heterocycles. The van der Waals surface area contributed by atoms with Gasteiger partial charge in [-0.15, -0.1) is 0 Å². The second-order valence-electron chi connectivity index (χ2n) is 15.7. The Hall–Kier alpha value is -3.38. The molecule has 6 amide bonds. The first kappa shape index (κ1) is 36.1. The molecule has 6 atom stereocenters. The predicted octanol–water partition coefficient (Wildman–Crippen LogP) is 2.07. The van der Waals surface area contributed by atoms with Gasteiger partial charge in [-0.3, -0.25) is 19.2 Å². The maximum atomic E-state index is 14.2. The molecule has 45 heavy (non-hydrogen) atoms. The van der Waals surface area contributed by atoms with Crippen LogP contribution in [0, 0.1) is 34.0 Å². The Morgan fingerprint density at radius 1 is 0.956 bits per heavy atom. The summed E-state index contributed by atoms with van der Waals surface area (Å²) in [7, 11) is 0. The van der Waals surface area contributed by atoms with Crippen LogP contribution in [0.5, 0.6) is 0 Å². The quantitative estimate of drug-likeness (QED) is 0.203. The number of nitrogens with one attached hydrogen (secondary N) is 4. The summed E-state index contributed by atoms with van der Waals surface area (Å²) in [6.07, 6.45) is 2.60. The van der Waals surface area contributed by atoms with Crippen molar-refractivity contribution in [2.75, 3.05) is 19.7 Å². The van der Waals surface area contributed by atoms with Crippen LogP contribution in [0.15, 0.2) is 0 Å². The summed E-state index contributed by atoms with van der Waals surface area (Å²) in [6, 6.07) is -4.09. The highest BCUT2D eigenvalue weighted by Gasteiger charge is 2.70. The van der Waals surface area contributed by atoms with Crippen LogP contribution >= 0.6 is 0 Å². The first-order chi connectivity index (χ1) is 20.7. The van der Waals surface area contributed by atoms with Gasteiger partial charge in [-0.2, -0.15) is 0 Å². The van der Waals surface area contributed by atoms with Gasteiger partial charge in [0.1, 0.15) is 18.7 Å². The molecule has 3 rings (SSSR count). The van der Waals surface area contributed by atoms with Crippen molar-refractivity contribution in [3.63, 3.8) is 0 Å². The van der Waals surface area contributed by atoms with Gasteiger partial charge in [0.15, 0.2) is 0 Å². The summed E-state index contributed by atoms with van der Waals surface area (Å²) in [5.74, 6) is -2.69. The molecule has 4 unspecified atom stereocenters. The van der Waals surface area contributed by atoms with Crippen molar-refractivity contribution in [2.24, 2.45) is 39.7 Å². The van der Waals surface area contributed by atoms with E-state index in [1.807, 2.05) is 55.4 Å². The number of alkyl carbamates (subject to hydrolysis) is 1. The van der Waals surface area contributed by atoms with Crippen LogP contribution in [0.4, 0.5) is 9.59 Å². The zero-order chi connectivity index (χ0) is 34.1. The Morgan fingerprint density at radius 3 is 2.07 bits per heavy atom. The molecule has 0 aromatic rings. The van der Waals surface area contributed by atoms with Gasteiger partial charge < -0.3 is 36.6 Å². The lowest BCUT2D eigenvalue weighted by Crippen LogP contribution is -2.62. The second kappa shape index (κ2) is 13.5. The lowest BCUT2D eigenvalue weighted by atomic mass is 9.80. The molecule has 2 saturated carbocycles. The largest absolute Gasteiger partial charge is 0.447 e. The van der Waals surface area contributed by atoms with Gasteiger partial charge >= 0.3 is 12.1 Å². The van der Waals surface area contributed by atoms with E-state index in [9.17, 15) is 28.8 Å². The van der Waals surface area contributed by atoms with Crippen LogP contribution in [-0.2, 0) is 23.9 Å². The zero-order valence-electron chi connectivity index (χ0n) is 28.4. The van der Waals surface area contributed by atoms with E-state index in [-0.39, 0.29) is 29.8 Å². The number of fused-ring (bicyclic) bond motifs is 1. The first-order valence-electron chi connectivity index (χ1n) is 16.1. The molecule has 13 nitrogen and oxygen atoms in total. The van der Waals surface area contributed by atoms with E-state index in [0.717, 1.165) is 19.3 Å². The van der Waals surface area contributed by atoms with E-state index in [1.165, 1.54) is 4.90 Å². The number of hydrogen-bond acceptors (Lipinski definition) is 7. The van der Waals surface area contributed by atoms with Gasteiger partial charge in [-0.1, -0.05) is 74.7 Å². The number of piperidine rings is 1. The summed E-state index contributed by atoms with van der Waals surface area (Å²) in [5.41, 5.74) is 3.91. The van der Waals surface area contributed by atoms with Crippen molar-refractivity contribution in [3.05, 3.63) is 0 Å². The lowest BCUT2D eigenvalue weighted by Gasteiger charge is -2.38. The Kier molecular flexibility index (Phi) is 10.9. The van der Waals surface area contributed by atoms with E-state index >= 15 is 0 Å². The number of Topliss-reactive ketones (excluding diaryl/α,β-unsaturated/α-hetero) is 1. The minimum Gasteiger partial charge on any atom is -0.447 e. The molecule has 0 aromatic carbocycles. The number of hydrogen-bond donors (Lipinski definition) is 5. The van der Waals surface area contributed by atoms with Crippen molar-refractivity contribution in [1.29, 1.82) is 0 Å². The molecule has 13 heteroatoms. The number of nitrogens with zero attached hydrogens (tertiary/aromatic N) is 1. The van der Waals surface area contributed by atoms with E-state index < -0.39 is 70.6 Å². The molecule has 6 N–H and O–H groups in total. The summed E-state index contributed by atoms with van der Waals surface area (Å²) in [6.45, 7) is 17.7. The fourth-order valence-corrected chi connectivity index (χ4v) is 6.54. The number of ether oxygens (including phenoxy) is 1. The lowest BCUT2D eigenvalue weighted by molar-refractivity contribution is -0.145. The van der Waals surface area contributed by atoms with Crippen LogP contribution in [0.3, 0.4) is 0 Å². The summed E-state index contributed by atoms with van der Waals surface area (Å²) >= 11 is 0. The fraction of sp³-hybridized carbons (Fsp3) is 0.812. The smallest absolute Gasteiger partial charge is 0.407 e. The first-order valence-corrected chi connectivity index (χ1v) is 16.1. The number of amides is 6. The number of carbonyl (C=O) groups is 6. The molecule has 0 radical (unpaired) electrons. The van der Waals surface area contributed by atoms with Crippen LogP contribution in [0.1, 0.15) is 88.0 Å². The summed E-state index contributed by atoms with van der Waals surface area (Å²) < 4.78 is 5.28. The molecule has 0 bridgehead atoms. The molecule has 3 aliphatic rings. The molecule has 2 aliphatic carbocycles. The van der Waals surface area contributed by atoms with Gasteiger partial charge in [0.05, 0.1) is 12.1 Å².